The number of carboxylic acids is 1. The molecule has 10 heteroatoms. The van der Waals surface area contributed by atoms with Crippen LogP contribution < -0.4 is 35.8 Å². The summed E-state index contributed by atoms with van der Waals surface area (Å²) < 4.78 is 45.9. The molecule has 0 N–H and O–H groups in total. The minimum atomic E-state index is -5.19. The Morgan fingerprint density at radius 1 is 0.611 bits per heavy atom. The lowest BCUT2D eigenvalue weighted by molar-refractivity contribution is -0.597. The van der Waals surface area contributed by atoms with Crippen LogP contribution in [-0.4, -0.2) is 12.1 Å². The van der Waals surface area contributed by atoms with Gasteiger partial charge in [0.25, 0.3) is 0 Å². The lowest BCUT2D eigenvalue weighted by Crippen LogP contribution is -3.61. The van der Waals surface area contributed by atoms with Crippen molar-refractivity contribution in [2.75, 3.05) is 0 Å². The van der Waals surface area contributed by atoms with Crippen LogP contribution in [0.25, 0.3) is 0 Å². The molecule has 0 amide bonds. The number of rotatable bonds is 6. The van der Waals surface area contributed by atoms with E-state index in [0.717, 1.165) is 23.0 Å². The molecule has 0 aliphatic heterocycles. The van der Waals surface area contributed by atoms with Crippen LogP contribution in [0.1, 0.15) is 0 Å². The fourth-order valence-electron chi connectivity index (χ4n) is 2.53. The first-order valence-electron chi connectivity index (χ1n) is 10.1. The number of benzene rings is 4. The molecular weight excluding hydrogens is 631 g/mol. The summed E-state index contributed by atoms with van der Waals surface area (Å²) in [6.45, 7) is 0. The van der Waals surface area contributed by atoms with Crippen molar-refractivity contribution in [2.45, 2.75) is 6.18 Å². The molecule has 0 radical (unpaired) electrons. The summed E-state index contributed by atoms with van der Waals surface area (Å²) in [4.78, 5) is 8.78. The molecule has 0 spiro atoms. The zero-order valence-corrected chi connectivity index (χ0v) is 21.8. The zero-order chi connectivity index (χ0) is 26.1. The first-order valence-corrected chi connectivity index (χ1v) is 13.0. The molecule has 4 rings (SSSR count). The first kappa shape index (κ1) is 27.6. The maximum absolute atomic E-state index is 10.5. The van der Waals surface area contributed by atoms with Gasteiger partial charge < -0.3 is 19.4 Å². The van der Waals surface area contributed by atoms with E-state index in [1.165, 1.54) is 7.14 Å². The maximum Gasteiger partial charge on any atom is 0.430 e. The monoisotopic (exact) mass is 646 g/mol. The second-order valence-corrected chi connectivity index (χ2v) is 10.8. The molecule has 36 heavy (non-hydrogen) atoms. The van der Waals surface area contributed by atoms with Crippen molar-refractivity contribution < 1.29 is 53.8 Å². The van der Waals surface area contributed by atoms with Gasteiger partial charge in [0.05, 0.1) is 0 Å². The van der Waals surface area contributed by atoms with Crippen molar-refractivity contribution in [1.82, 2.24) is 0 Å². The number of carbonyl (C=O) groups excluding carboxylic acids is 1. The van der Waals surface area contributed by atoms with Gasteiger partial charge >= 0.3 is 27.4 Å². The van der Waals surface area contributed by atoms with Gasteiger partial charge in [0.2, 0.25) is 0 Å². The Balaban J connectivity index is 0.000000454. The average Bonchev–Trinajstić information content (AvgIpc) is 2.84. The standard InChI is InChI=1S/C24H16Cl2IO2.C2HF3O2/c25-17-1-9-21(10-2-17)28-23-13-5-19(6-14-23)27-20-7-15-24(16-8-20)29-22-11-3-18(26)4-12-22;3-2(4,5)1(6)7/h1-16H;(H,6,7)/q+1;/p-1. The normalized spacial score (nSPS) is 10.7. The highest BCUT2D eigenvalue weighted by atomic mass is 127. The number of hydrogen-bond acceptors (Lipinski definition) is 4. The molecular formula is C26H16Cl2F3IO4. The largest absolute Gasteiger partial charge is 0.542 e. The fourth-order valence-corrected chi connectivity index (χ4v) is 4.94. The first-order chi connectivity index (χ1) is 17.1. The van der Waals surface area contributed by atoms with Crippen LogP contribution in [0.15, 0.2) is 97.1 Å². The smallest absolute Gasteiger partial charge is 0.430 e. The van der Waals surface area contributed by atoms with Crippen molar-refractivity contribution in [2.24, 2.45) is 0 Å². The van der Waals surface area contributed by atoms with E-state index < -0.39 is 12.1 Å². The highest BCUT2D eigenvalue weighted by molar-refractivity contribution is 6.30. The molecule has 0 saturated heterocycles. The molecule has 0 unspecified atom stereocenters. The molecule has 0 heterocycles. The number of halogens is 6. The second-order valence-electron chi connectivity index (χ2n) is 6.90. The number of carboxylic acid groups (broad SMARTS) is 1. The Morgan fingerprint density at radius 2 is 0.861 bits per heavy atom. The predicted octanol–water partition coefficient (Wildman–Crippen LogP) is 4.01. The van der Waals surface area contributed by atoms with Crippen LogP contribution in [0.5, 0.6) is 23.0 Å². The van der Waals surface area contributed by atoms with Gasteiger partial charge in [0.15, 0.2) is 7.14 Å². The van der Waals surface area contributed by atoms with E-state index in [-0.39, 0.29) is 21.2 Å². The van der Waals surface area contributed by atoms with Crippen molar-refractivity contribution in [1.29, 1.82) is 0 Å². The van der Waals surface area contributed by atoms with Crippen molar-refractivity contribution in [3.63, 3.8) is 0 Å². The topological polar surface area (TPSA) is 58.6 Å². The molecule has 0 bridgehead atoms. The zero-order valence-electron chi connectivity index (χ0n) is 18.1. The number of aliphatic carboxylic acids is 1. The predicted molar refractivity (Wildman–Crippen MR) is 124 cm³/mol. The Bertz CT molecular complexity index is 1170. The van der Waals surface area contributed by atoms with Crippen LogP contribution >= 0.6 is 23.2 Å². The molecule has 0 atom stereocenters. The lowest BCUT2D eigenvalue weighted by Gasteiger charge is -2.05. The molecule has 4 aromatic carbocycles. The molecule has 4 aromatic rings. The van der Waals surface area contributed by atoms with Crippen LogP contribution in [-0.2, 0) is 4.79 Å². The number of alkyl halides is 3. The van der Waals surface area contributed by atoms with Crippen LogP contribution in [0.3, 0.4) is 0 Å². The van der Waals surface area contributed by atoms with Gasteiger partial charge in [-0.2, -0.15) is 13.2 Å². The van der Waals surface area contributed by atoms with Gasteiger partial charge in [0, 0.05) is 10.0 Å². The molecule has 4 nitrogen and oxygen atoms in total. The van der Waals surface area contributed by atoms with E-state index in [1.807, 2.05) is 72.8 Å². The Hall–Kier alpha value is -2.95. The highest BCUT2D eigenvalue weighted by Gasteiger charge is 2.28. The molecule has 0 aromatic heterocycles. The molecule has 186 valence electrons. The van der Waals surface area contributed by atoms with E-state index in [4.69, 9.17) is 42.6 Å². The summed E-state index contributed by atoms with van der Waals surface area (Å²) in [5.41, 5.74) is 0. The minimum absolute atomic E-state index is 0.273. The van der Waals surface area contributed by atoms with Crippen LogP contribution in [0, 0.1) is 7.14 Å². The van der Waals surface area contributed by atoms with E-state index in [1.54, 1.807) is 0 Å². The fraction of sp³-hybridized carbons (Fsp3) is 0.0385. The number of hydrogen-bond donors (Lipinski definition) is 0. The third-order valence-corrected chi connectivity index (χ3v) is 7.36. The van der Waals surface area contributed by atoms with Gasteiger partial charge in [0.1, 0.15) is 29.0 Å². The molecule has 0 aliphatic carbocycles. The summed E-state index contributed by atoms with van der Waals surface area (Å²) >= 11 is 11.5. The third-order valence-electron chi connectivity index (χ3n) is 4.18. The maximum atomic E-state index is 10.5. The van der Waals surface area contributed by atoms with Crippen molar-refractivity contribution >= 4 is 29.2 Å². The quantitative estimate of drug-likeness (QED) is 0.297. The summed E-state index contributed by atoms with van der Waals surface area (Å²) in [5.74, 6) is 0.160. The summed E-state index contributed by atoms with van der Waals surface area (Å²) in [6.07, 6.45) is -5.19. The van der Waals surface area contributed by atoms with Gasteiger partial charge in [-0.25, -0.2) is 0 Å². The molecule has 0 saturated carbocycles. The second kappa shape index (κ2) is 12.8. The van der Waals surface area contributed by atoms with Gasteiger partial charge in [-0.05, 0) is 97.1 Å². The van der Waals surface area contributed by atoms with E-state index >= 15 is 0 Å². The van der Waals surface area contributed by atoms with Gasteiger partial charge in [-0.15, -0.1) is 0 Å². The highest BCUT2D eigenvalue weighted by Crippen LogP contribution is 2.23. The van der Waals surface area contributed by atoms with E-state index in [0.29, 0.717) is 10.0 Å². The van der Waals surface area contributed by atoms with Gasteiger partial charge in [-0.3, -0.25) is 0 Å². The van der Waals surface area contributed by atoms with Crippen molar-refractivity contribution in [3.8, 4) is 23.0 Å². The Labute approximate surface area is 225 Å². The molecule has 0 aliphatic rings. The number of carbonyl (C=O) groups is 1. The van der Waals surface area contributed by atoms with E-state index in [2.05, 4.69) is 24.3 Å². The van der Waals surface area contributed by atoms with E-state index in [9.17, 15) is 13.2 Å². The lowest BCUT2D eigenvalue weighted by atomic mass is 10.3. The Kier molecular flexibility index (Phi) is 9.86. The average molecular weight is 647 g/mol. The third kappa shape index (κ3) is 9.25. The minimum Gasteiger partial charge on any atom is -0.542 e. The number of ether oxygens (including phenoxy) is 2. The van der Waals surface area contributed by atoms with Crippen LogP contribution in [0.4, 0.5) is 13.2 Å². The van der Waals surface area contributed by atoms with Crippen molar-refractivity contribution in [3.05, 3.63) is 114 Å². The van der Waals surface area contributed by atoms with Gasteiger partial charge in [-0.1, -0.05) is 23.2 Å². The molecule has 0 fully saturated rings. The Morgan fingerprint density at radius 3 is 1.11 bits per heavy atom. The summed E-state index contributed by atoms with van der Waals surface area (Å²) in [5, 5.41) is 10.2. The summed E-state index contributed by atoms with van der Waals surface area (Å²) in [7, 11) is 0. The summed E-state index contributed by atoms with van der Waals surface area (Å²) in [6, 6.07) is 31.2. The SMILES string of the molecule is Clc1ccc(Oc2ccc([I+]c3ccc(Oc4ccc(Cl)cc4)cc3)cc2)cc1.O=C([O-])C(F)(F)F. The van der Waals surface area contributed by atoms with Crippen LogP contribution in [0.2, 0.25) is 10.0 Å².